The zero-order chi connectivity index (χ0) is 14.0. The van der Waals surface area contributed by atoms with E-state index in [1.807, 2.05) is 35.3 Å². The van der Waals surface area contributed by atoms with Crippen molar-refractivity contribution in [1.29, 1.82) is 0 Å². The van der Waals surface area contributed by atoms with Gasteiger partial charge in [-0.15, -0.1) is 11.8 Å². The van der Waals surface area contributed by atoms with E-state index in [1.165, 1.54) is 11.5 Å². The second kappa shape index (κ2) is 6.84. The van der Waals surface area contributed by atoms with Crippen LogP contribution in [-0.2, 0) is 9.53 Å². The summed E-state index contributed by atoms with van der Waals surface area (Å²) in [6.07, 6.45) is 4.20. The first kappa shape index (κ1) is 15.6. The first-order valence-electron chi connectivity index (χ1n) is 7.73. The van der Waals surface area contributed by atoms with Gasteiger partial charge in [0.05, 0.1) is 10.9 Å². The van der Waals surface area contributed by atoms with Gasteiger partial charge in [0.15, 0.2) is 0 Å². The molecule has 4 atom stereocenters. The lowest BCUT2D eigenvalue weighted by atomic mass is 9.81. The zero-order valence-electron chi connectivity index (χ0n) is 12.1. The van der Waals surface area contributed by atoms with Crippen molar-refractivity contribution in [3.63, 3.8) is 0 Å². The van der Waals surface area contributed by atoms with Crippen LogP contribution in [0, 0.1) is 5.92 Å². The molecule has 3 aliphatic heterocycles. The van der Waals surface area contributed by atoms with Crippen LogP contribution in [0.2, 0.25) is 0 Å². The summed E-state index contributed by atoms with van der Waals surface area (Å²) < 4.78 is 6.06. The summed E-state index contributed by atoms with van der Waals surface area (Å²) in [5, 5.41) is 0.783. The van der Waals surface area contributed by atoms with Gasteiger partial charge in [0.1, 0.15) is 5.78 Å². The molecule has 0 saturated carbocycles. The minimum absolute atomic E-state index is 0.0391. The SMILES string of the molecule is CCC1SCCSC1C(=O)C1CCOC2(CCSC2)C1. The summed E-state index contributed by atoms with van der Waals surface area (Å²) in [5.41, 5.74) is 0.0391. The summed E-state index contributed by atoms with van der Waals surface area (Å²) in [6, 6.07) is 0. The Bertz CT molecular complexity index is 355. The van der Waals surface area contributed by atoms with Crippen molar-refractivity contribution in [3.8, 4) is 0 Å². The maximum absolute atomic E-state index is 13.0. The lowest BCUT2D eigenvalue weighted by Gasteiger charge is -2.39. The second-order valence-corrected chi connectivity index (χ2v) is 9.74. The third kappa shape index (κ3) is 3.21. The third-order valence-corrected chi connectivity index (χ3v) is 9.18. The van der Waals surface area contributed by atoms with Crippen LogP contribution in [0.4, 0.5) is 0 Å². The van der Waals surface area contributed by atoms with E-state index in [9.17, 15) is 4.79 Å². The molecule has 4 unspecified atom stereocenters. The fraction of sp³-hybridized carbons (Fsp3) is 0.933. The van der Waals surface area contributed by atoms with Gasteiger partial charge >= 0.3 is 0 Å². The number of hydrogen-bond acceptors (Lipinski definition) is 5. The molecular weight excluding hydrogens is 308 g/mol. The highest BCUT2D eigenvalue weighted by Gasteiger charge is 2.44. The van der Waals surface area contributed by atoms with Crippen molar-refractivity contribution < 1.29 is 9.53 Å². The summed E-state index contributed by atoms with van der Waals surface area (Å²) in [5.74, 6) is 5.44. The van der Waals surface area contributed by atoms with Crippen molar-refractivity contribution in [2.24, 2.45) is 5.92 Å². The molecule has 20 heavy (non-hydrogen) atoms. The fourth-order valence-electron chi connectivity index (χ4n) is 3.53. The average Bonchev–Trinajstić information content (AvgIpc) is 2.94. The molecular formula is C15H24O2S3. The number of ether oxygens (including phenoxy) is 1. The Hall–Kier alpha value is 0.680. The van der Waals surface area contributed by atoms with Crippen LogP contribution in [-0.4, -0.2) is 51.5 Å². The van der Waals surface area contributed by atoms with Gasteiger partial charge in [0.25, 0.3) is 0 Å². The molecule has 3 heterocycles. The molecule has 0 aromatic heterocycles. The van der Waals surface area contributed by atoms with E-state index >= 15 is 0 Å². The zero-order valence-corrected chi connectivity index (χ0v) is 14.6. The van der Waals surface area contributed by atoms with Gasteiger partial charge in [-0.25, -0.2) is 0 Å². The Morgan fingerprint density at radius 1 is 1.30 bits per heavy atom. The molecule has 3 aliphatic rings. The Labute approximate surface area is 134 Å². The number of hydrogen-bond donors (Lipinski definition) is 0. The first-order valence-corrected chi connectivity index (χ1v) is 11.0. The van der Waals surface area contributed by atoms with Gasteiger partial charge in [-0.2, -0.15) is 23.5 Å². The van der Waals surface area contributed by atoms with Gasteiger partial charge < -0.3 is 4.74 Å². The Morgan fingerprint density at radius 3 is 2.90 bits per heavy atom. The molecule has 3 rings (SSSR count). The van der Waals surface area contributed by atoms with Gasteiger partial charge in [-0.05, 0) is 31.4 Å². The Morgan fingerprint density at radius 2 is 2.15 bits per heavy atom. The number of ketones is 1. The third-order valence-electron chi connectivity index (χ3n) is 4.70. The maximum atomic E-state index is 13.0. The summed E-state index contributed by atoms with van der Waals surface area (Å²) in [6.45, 7) is 3.02. The fourth-order valence-corrected chi connectivity index (χ4v) is 8.02. The van der Waals surface area contributed by atoms with Gasteiger partial charge in [-0.1, -0.05) is 6.92 Å². The molecule has 114 valence electrons. The summed E-state index contributed by atoms with van der Waals surface area (Å²) in [4.78, 5) is 13.0. The number of carbonyl (C=O) groups is 1. The lowest BCUT2D eigenvalue weighted by Crippen LogP contribution is -2.45. The molecule has 2 nitrogen and oxygen atoms in total. The van der Waals surface area contributed by atoms with Crippen molar-refractivity contribution >= 4 is 41.1 Å². The van der Waals surface area contributed by atoms with Crippen LogP contribution in [0.15, 0.2) is 0 Å². The monoisotopic (exact) mass is 332 g/mol. The van der Waals surface area contributed by atoms with Crippen molar-refractivity contribution in [2.45, 2.75) is 48.7 Å². The van der Waals surface area contributed by atoms with Crippen LogP contribution in [0.5, 0.6) is 0 Å². The van der Waals surface area contributed by atoms with E-state index in [1.54, 1.807) is 0 Å². The van der Waals surface area contributed by atoms with E-state index in [0.717, 1.165) is 43.8 Å². The van der Waals surface area contributed by atoms with E-state index in [-0.39, 0.29) is 16.8 Å². The standard InChI is InChI=1S/C15H24O2S3/c1-2-12-14(20-8-7-19-12)13(16)11-3-5-17-15(9-11)4-6-18-10-15/h11-12,14H,2-10H2,1H3. The van der Waals surface area contributed by atoms with Gasteiger partial charge in [-0.3, -0.25) is 4.79 Å². The quantitative estimate of drug-likeness (QED) is 0.788. The number of rotatable bonds is 3. The molecule has 0 N–H and O–H groups in total. The smallest absolute Gasteiger partial charge is 0.150 e. The molecule has 0 aliphatic carbocycles. The second-order valence-electron chi connectivity index (χ2n) is 6.04. The highest BCUT2D eigenvalue weighted by molar-refractivity contribution is 8.07. The largest absolute Gasteiger partial charge is 0.374 e. The summed E-state index contributed by atoms with van der Waals surface area (Å²) >= 11 is 5.91. The van der Waals surface area contributed by atoms with Crippen LogP contribution in [0.3, 0.4) is 0 Å². The first-order chi connectivity index (χ1) is 9.74. The lowest BCUT2D eigenvalue weighted by molar-refractivity contribution is -0.133. The van der Waals surface area contributed by atoms with Crippen LogP contribution >= 0.6 is 35.3 Å². The molecule has 0 bridgehead atoms. The van der Waals surface area contributed by atoms with E-state index < -0.39 is 0 Å². The highest BCUT2D eigenvalue weighted by Crippen LogP contribution is 2.43. The molecule has 3 saturated heterocycles. The Balaban J connectivity index is 1.66. The number of Topliss-reactive ketones (excluding diaryl/α,β-unsaturated/α-hetero) is 1. The molecule has 3 fully saturated rings. The number of thioether (sulfide) groups is 3. The Kier molecular flexibility index (Phi) is 5.33. The normalized spacial score (nSPS) is 42.0. The van der Waals surface area contributed by atoms with E-state index in [2.05, 4.69) is 6.92 Å². The minimum Gasteiger partial charge on any atom is -0.374 e. The molecule has 1 spiro atoms. The molecule has 5 heteroatoms. The van der Waals surface area contributed by atoms with Gasteiger partial charge in [0.2, 0.25) is 0 Å². The van der Waals surface area contributed by atoms with Crippen molar-refractivity contribution in [2.75, 3.05) is 29.6 Å². The predicted molar refractivity (Wildman–Crippen MR) is 91.1 cm³/mol. The topological polar surface area (TPSA) is 26.3 Å². The van der Waals surface area contributed by atoms with Gasteiger partial charge in [0, 0.05) is 35.0 Å². The maximum Gasteiger partial charge on any atom is 0.150 e. The van der Waals surface area contributed by atoms with Crippen LogP contribution < -0.4 is 0 Å². The van der Waals surface area contributed by atoms with Crippen molar-refractivity contribution in [1.82, 2.24) is 0 Å². The van der Waals surface area contributed by atoms with E-state index in [4.69, 9.17) is 4.74 Å². The molecule has 0 amide bonds. The van der Waals surface area contributed by atoms with Crippen molar-refractivity contribution in [3.05, 3.63) is 0 Å². The molecule has 0 aromatic rings. The average molecular weight is 333 g/mol. The van der Waals surface area contributed by atoms with Crippen LogP contribution in [0.1, 0.15) is 32.6 Å². The molecule has 0 radical (unpaired) electrons. The predicted octanol–water partition coefficient (Wildman–Crippen LogP) is 3.49. The number of carbonyl (C=O) groups excluding carboxylic acids is 1. The van der Waals surface area contributed by atoms with E-state index in [0.29, 0.717) is 11.0 Å². The van der Waals surface area contributed by atoms with Crippen LogP contribution in [0.25, 0.3) is 0 Å². The molecule has 0 aromatic carbocycles. The highest BCUT2D eigenvalue weighted by atomic mass is 32.2. The minimum atomic E-state index is 0.0391. The summed E-state index contributed by atoms with van der Waals surface area (Å²) in [7, 11) is 0.